The third kappa shape index (κ3) is 5.23. The zero-order valence-corrected chi connectivity index (χ0v) is 18.6. The number of likely N-dealkylation sites (tertiary alicyclic amines) is 1. The van der Waals surface area contributed by atoms with Crippen LogP contribution in [0.15, 0.2) is 24.3 Å². The van der Waals surface area contributed by atoms with Crippen molar-refractivity contribution in [3.8, 4) is 11.5 Å². The minimum atomic E-state index is 0.439. The van der Waals surface area contributed by atoms with E-state index >= 15 is 0 Å². The lowest BCUT2D eigenvalue weighted by Gasteiger charge is -2.37. The summed E-state index contributed by atoms with van der Waals surface area (Å²) in [7, 11) is 0. The first-order chi connectivity index (χ1) is 14.0. The van der Waals surface area contributed by atoms with Crippen LogP contribution in [0, 0.1) is 26.7 Å². The van der Waals surface area contributed by atoms with E-state index in [9.17, 15) is 0 Å². The highest BCUT2D eigenvalue weighted by Crippen LogP contribution is 2.32. The van der Waals surface area contributed by atoms with Gasteiger partial charge in [0.05, 0.1) is 0 Å². The minimum absolute atomic E-state index is 0.439. The van der Waals surface area contributed by atoms with Gasteiger partial charge in [0.15, 0.2) is 0 Å². The van der Waals surface area contributed by atoms with Crippen LogP contribution in [0.25, 0.3) is 0 Å². The topological polar surface area (TPSA) is 37.4 Å². The third-order valence-electron chi connectivity index (χ3n) is 6.27. The summed E-state index contributed by atoms with van der Waals surface area (Å²) in [4.78, 5) is 7.11. The maximum absolute atomic E-state index is 6.30. The Kier molecular flexibility index (Phi) is 6.31. The van der Waals surface area contributed by atoms with E-state index in [-0.39, 0.29) is 0 Å². The quantitative estimate of drug-likeness (QED) is 0.578. The number of aryl methyl sites for hydroxylation is 3. The van der Waals surface area contributed by atoms with Gasteiger partial charge in [0, 0.05) is 37.8 Å². The van der Waals surface area contributed by atoms with Gasteiger partial charge < -0.3 is 15.0 Å². The van der Waals surface area contributed by atoms with Gasteiger partial charge in [-0.25, -0.2) is 4.98 Å². The number of rotatable bonds is 6. The van der Waals surface area contributed by atoms with Crippen molar-refractivity contribution >= 4 is 17.4 Å². The lowest BCUT2D eigenvalue weighted by atomic mass is 9.84. The van der Waals surface area contributed by atoms with Crippen LogP contribution in [0.5, 0.6) is 11.5 Å². The first-order valence-electron chi connectivity index (χ1n) is 10.9. The molecule has 1 aliphatic carbocycles. The molecule has 156 valence electrons. The highest BCUT2D eigenvalue weighted by Gasteiger charge is 2.24. The maximum atomic E-state index is 6.30. The van der Waals surface area contributed by atoms with E-state index in [2.05, 4.69) is 48.1 Å². The number of piperidine rings is 1. The van der Waals surface area contributed by atoms with Gasteiger partial charge in [0.25, 0.3) is 0 Å². The number of pyridine rings is 1. The average molecular weight is 414 g/mol. The molecular weight excluding hydrogens is 382 g/mol. The highest BCUT2D eigenvalue weighted by atomic mass is 35.5. The molecule has 0 radical (unpaired) electrons. The summed E-state index contributed by atoms with van der Waals surface area (Å²) in [5.74, 6) is 3.37. The normalized spacial score (nSPS) is 18.5. The largest absolute Gasteiger partial charge is 0.457 e. The molecule has 1 saturated heterocycles. The molecule has 2 fully saturated rings. The number of ether oxygens (including phenoxy) is 1. The lowest BCUT2D eigenvalue weighted by Crippen LogP contribution is -2.42. The average Bonchev–Trinajstić information content (AvgIpc) is 2.62. The van der Waals surface area contributed by atoms with E-state index in [1.165, 1.54) is 44.5 Å². The molecule has 1 saturated carbocycles. The molecule has 2 aliphatic rings. The number of hydrogen-bond donors (Lipinski definition) is 1. The molecule has 0 atom stereocenters. The van der Waals surface area contributed by atoms with Crippen LogP contribution in [0.3, 0.4) is 0 Å². The summed E-state index contributed by atoms with van der Waals surface area (Å²) < 4.78 is 6.21. The SMILES string of the molecule is Cc1cc(C)c(Oc2cc(Cl)nc(NC3CCN(CC4CCC4)CC3)c2)c(C)c1. The Bertz CT molecular complexity index is 834. The van der Waals surface area contributed by atoms with Crippen LogP contribution in [0.4, 0.5) is 5.82 Å². The molecule has 2 heterocycles. The molecule has 1 aliphatic heterocycles. The van der Waals surface area contributed by atoms with Crippen molar-refractivity contribution < 1.29 is 4.74 Å². The van der Waals surface area contributed by atoms with Gasteiger partial charge >= 0.3 is 0 Å². The molecule has 1 aromatic heterocycles. The van der Waals surface area contributed by atoms with Crippen molar-refractivity contribution in [3.63, 3.8) is 0 Å². The van der Waals surface area contributed by atoms with Gasteiger partial charge in [0.2, 0.25) is 0 Å². The molecule has 4 rings (SSSR count). The van der Waals surface area contributed by atoms with E-state index in [1.807, 2.05) is 6.07 Å². The number of aromatic nitrogens is 1. The second-order valence-electron chi connectivity index (χ2n) is 8.86. The molecule has 0 unspecified atom stereocenters. The Morgan fingerprint density at radius 3 is 2.34 bits per heavy atom. The lowest BCUT2D eigenvalue weighted by molar-refractivity contribution is 0.150. The Labute approximate surface area is 179 Å². The van der Waals surface area contributed by atoms with Gasteiger partial charge in [-0.2, -0.15) is 0 Å². The molecule has 0 amide bonds. The predicted molar refractivity (Wildman–Crippen MR) is 120 cm³/mol. The van der Waals surface area contributed by atoms with Crippen molar-refractivity contribution in [3.05, 3.63) is 46.1 Å². The number of benzene rings is 1. The van der Waals surface area contributed by atoms with Crippen molar-refractivity contribution in [1.29, 1.82) is 0 Å². The molecule has 0 spiro atoms. The standard InChI is InChI=1S/C24H32ClN3O/c1-16-11-17(2)24(18(3)12-16)29-21-13-22(25)27-23(14-21)26-20-7-9-28(10-8-20)15-19-5-4-6-19/h11-14,19-20H,4-10,15H2,1-3H3,(H,26,27). The van der Waals surface area contributed by atoms with Crippen LogP contribution >= 0.6 is 11.6 Å². The Hall–Kier alpha value is -1.78. The molecule has 29 heavy (non-hydrogen) atoms. The number of halogens is 1. The van der Waals surface area contributed by atoms with Gasteiger partial charge in [0.1, 0.15) is 22.5 Å². The number of nitrogens with one attached hydrogen (secondary N) is 1. The molecule has 2 aromatic rings. The predicted octanol–water partition coefficient (Wildman–Crippen LogP) is 6.13. The second kappa shape index (κ2) is 8.93. The summed E-state index contributed by atoms with van der Waals surface area (Å²) >= 11 is 6.30. The summed E-state index contributed by atoms with van der Waals surface area (Å²) in [5.41, 5.74) is 3.50. The van der Waals surface area contributed by atoms with Gasteiger partial charge in [-0.3, -0.25) is 0 Å². The number of anilines is 1. The Morgan fingerprint density at radius 1 is 1.03 bits per heavy atom. The van der Waals surface area contributed by atoms with Gasteiger partial charge in [-0.05, 0) is 63.5 Å². The zero-order valence-electron chi connectivity index (χ0n) is 17.8. The minimum Gasteiger partial charge on any atom is -0.457 e. The zero-order chi connectivity index (χ0) is 20.4. The van der Waals surface area contributed by atoms with Crippen LogP contribution in [-0.2, 0) is 0 Å². The van der Waals surface area contributed by atoms with Crippen molar-refractivity contribution in [2.75, 3.05) is 25.0 Å². The van der Waals surface area contributed by atoms with Crippen LogP contribution in [-0.4, -0.2) is 35.6 Å². The van der Waals surface area contributed by atoms with E-state index in [0.717, 1.165) is 47.2 Å². The summed E-state index contributed by atoms with van der Waals surface area (Å²) in [6, 6.07) is 8.47. The van der Waals surface area contributed by atoms with Crippen molar-refractivity contribution in [2.45, 2.75) is 58.9 Å². The van der Waals surface area contributed by atoms with Gasteiger partial charge in [-0.15, -0.1) is 0 Å². The van der Waals surface area contributed by atoms with Crippen LogP contribution in [0.2, 0.25) is 5.15 Å². The Morgan fingerprint density at radius 2 is 1.72 bits per heavy atom. The summed E-state index contributed by atoms with van der Waals surface area (Å²) in [6.07, 6.45) is 6.57. The highest BCUT2D eigenvalue weighted by molar-refractivity contribution is 6.29. The van der Waals surface area contributed by atoms with Crippen LogP contribution < -0.4 is 10.1 Å². The molecule has 1 aromatic carbocycles. The number of nitrogens with zero attached hydrogens (tertiary/aromatic N) is 2. The monoisotopic (exact) mass is 413 g/mol. The van der Waals surface area contributed by atoms with E-state index < -0.39 is 0 Å². The summed E-state index contributed by atoms with van der Waals surface area (Å²) in [6.45, 7) is 9.88. The molecular formula is C24H32ClN3O. The van der Waals surface area contributed by atoms with E-state index in [1.54, 1.807) is 6.07 Å². The van der Waals surface area contributed by atoms with Crippen molar-refractivity contribution in [2.24, 2.45) is 5.92 Å². The van der Waals surface area contributed by atoms with E-state index in [4.69, 9.17) is 16.3 Å². The second-order valence-corrected chi connectivity index (χ2v) is 9.24. The summed E-state index contributed by atoms with van der Waals surface area (Å²) in [5, 5.41) is 4.04. The smallest absolute Gasteiger partial charge is 0.135 e. The fourth-order valence-electron chi connectivity index (χ4n) is 4.56. The van der Waals surface area contributed by atoms with Crippen molar-refractivity contribution in [1.82, 2.24) is 9.88 Å². The first-order valence-corrected chi connectivity index (χ1v) is 11.3. The Balaban J connectivity index is 1.39. The maximum Gasteiger partial charge on any atom is 0.135 e. The third-order valence-corrected chi connectivity index (χ3v) is 6.47. The van der Waals surface area contributed by atoms with Crippen LogP contribution in [0.1, 0.15) is 48.8 Å². The molecule has 5 heteroatoms. The first kappa shape index (κ1) is 20.5. The van der Waals surface area contributed by atoms with Gasteiger partial charge in [-0.1, -0.05) is 35.7 Å². The molecule has 4 nitrogen and oxygen atoms in total. The fourth-order valence-corrected chi connectivity index (χ4v) is 4.76. The fraction of sp³-hybridized carbons (Fsp3) is 0.542. The number of hydrogen-bond acceptors (Lipinski definition) is 4. The van der Waals surface area contributed by atoms with E-state index in [0.29, 0.717) is 11.2 Å². The molecule has 1 N–H and O–H groups in total. The molecule has 0 bridgehead atoms.